The molecule has 0 radical (unpaired) electrons. The number of ether oxygens (including phenoxy) is 1. The van der Waals surface area contributed by atoms with E-state index < -0.39 is 17.3 Å². The first-order valence-electron chi connectivity index (χ1n) is 7.66. The molecule has 0 aliphatic carbocycles. The lowest BCUT2D eigenvalue weighted by molar-refractivity contribution is -0.156. The molecule has 0 bridgehead atoms. The number of hydrogen-bond donors (Lipinski definition) is 1. The summed E-state index contributed by atoms with van der Waals surface area (Å²) in [5, 5.41) is 2.96. The summed E-state index contributed by atoms with van der Waals surface area (Å²) >= 11 is 1.77. The summed E-state index contributed by atoms with van der Waals surface area (Å²) in [7, 11) is 0. The van der Waals surface area contributed by atoms with Crippen LogP contribution in [-0.4, -0.2) is 36.0 Å². The van der Waals surface area contributed by atoms with Gasteiger partial charge in [-0.05, 0) is 31.4 Å². The van der Waals surface area contributed by atoms with Crippen LogP contribution in [0.4, 0.5) is 0 Å². The molecule has 0 aliphatic heterocycles. The van der Waals surface area contributed by atoms with Crippen molar-refractivity contribution in [1.29, 1.82) is 0 Å². The van der Waals surface area contributed by atoms with Crippen molar-refractivity contribution in [2.75, 3.05) is 19.4 Å². The van der Waals surface area contributed by atoms with Gasteiger partial charge in [0.1, 0.15) is 5.92 Å². The highest BCUT2D eigenvalue weighted by atomic mass is 32.2. The van der Waals surface area contributed by atoms with E-state index in [1.165, 1.54) is 0 Å². The molecule has 0 fully saturated rings. The molecule has 0 aromatic rings. The SMILES string of the molecule is CCOC(=O)C(C(=O)NCC(CC)(CC)SC)C(C)(C)C. The van der Waals surface area contributed by atoms with Crippen molar-refractivity contribution in [3.63, 3.8) is 0 Å². The fraction of sp³-hybridized carbons (Fsp3) is 0.875. The third kappa shape index (κ3) is 5.89. The lowest BCUT2D eigenvalue weighted by Crippen LogP contribution is -2.47. The largest absolute Gasteiger partial charge is 0.465 e. The summed E-state index contributed by atoms with van der Waals surface area (Å²) in [5.41, 5.74) is -0.462. The second kappa shape index (κ2) is 8.66. The fourth-order valence-corrected chi connectivity index (χ4v) is 3.08. The highest BCUT2D eigenvalue weighted by molar-refractivity contribution is 8.00. The van der Waals surface area contributed by atoms with Crippen molar-refractivity contribution < 1.29 is 14.3 Å². The minimum absolute atomic E-state index is 0.0345. The zero-order chi connectivity index (χ0) is 16.7. The molecule has 124 valence electrons. The molecule has 21 heavy (non-hydrogen) atoms. The van der Waals surface area contributed by atoms with Gasteiger partial charge in [-0.2, -0.15) is 11.8 Å². The van der Waals surface area contributed by atoms with Gasteiger partial charge in [0, 0.05) is 11.3 Å². The molecular weight excluding hydrogens is 286 g/mol. The van der Waals surface area contributed by atoms with Gasteiger partial charge in [-0.15, -0.1) is 0 Å². The smallest absolute Gasteiger partial charge is 0.319 e. The lowest BCUT2D eigenvalue weighted by atomic mass is 9.80. The Labute approximate surface area is 133 Å². The third-order valence-corrected chi connectivity index (χ3v) is 5.54. The van der Waals surface area contributed by atoms with Crippen molar-refractivity contribution in [2.45, 2.75) is 59.1 Å². The molecule has 0 rings (SSSR count). The Hall–Kier alpha value is -0.710. The number of thioether (sulfide) groups is 1. The summed E-state index contributed by atoms with van der Waals surface area (Å²) in [4.78, 5) is 24.6. The number of amides is 1. The van der Waals surface area contributed by atoms with E-state index in [2.05, 4.69) is 25.4 Å². The summed E-state index contributed by atoms with van der Waals surface area (Å²) in [6.45, 7) is 12.5. The minimum atomic E-state index is -0.772. The number of carbonyl (C=O) groups is 2. The maximum atomic E-state index is 12.5. The van der Waals surface area contributed by atoms with Crippen LogP contribution < -0.4 is 5.32 Å². The second-order valence-electron chi connectivity index (χ2n) is 6.36. The summed E-state index contributed by atoms with van der Waals surface area (Å²) in [6.07, 6.45) is 4.01. The van der Waals surface area contributed by atoms with Crippen LogP contribution >= 0.6 is 11.8 Å². The van der Waals surface area contributed by atoms with E-state index >= 15 is 0 Å². The average molecular weight is 317 g/mol. The maximum absolute atomic E-state index is 12.5. The molecule has 1 atom stereocenters. The van der Waals surface area contributed by atoms with Gasteiger partial charge in [0.2, 0.25) is 5.91 Å². The van der Waals surface area contributed by atoms with Crippen LogP contribution in [0.15, 0.2) is 0 Å². The van der Waals surface area contributed by atoms with Gasteiger partial charge in [-0.25, -0.2) is 0 Å². The number of esters is 1. The number of hydrogen-bond acceptors (Lipinski definition) is 4. The van der Waals surface area contributed by atoms with E-state index in [-0.39, 0.29) is 17.3 Å². The molecule has 0 saturated heterocycles. The third-order valence-electron chi connectivity index (χ3n) is 3.96. The van der Waals surface area contributed by atoms with E-state index in [4.69, 9.17) is 4.74 Å². The molecule has 0 saturated carbocycles. The summed E-state index contributed by atoms with van der Waals surface area (Å²) < 4.78 is 5.09. The Kier molecular flexibility index (Phi) is 8.37. The van der Waals surface area contributed by atoms with Gasteiger partial charge in [0.25, 0.3) is 0 Å². The van der Waals surface area contributed by atoms with Crippen molar-refractivity contribution in [1.82, 2.24) is 5.32 Å². The van der Waals surface area contributed by atoms with Crippen LogP contribution in [0.2, 0.25) is 0 Å². The molecule has 0 heterocycles. The first-order chi connectivity index (χ1) is 9.67. The highest BCUT2D eigenvalue weighted by Crippen LogP contribution is 2.31. The number of rotatable bonds is 8. The molecular formula is C16H31NO3S. The van der Waals surface area contributed by atoms with Crippen molar-refractivity contribution in [3.05, 3.63) is 0 Å². The monoisotopic (exact) mass is 317 g/mol. The first-order valence-corrected chi connectivity index (χ1v) is 8.89. The summed E-state index contributed by atoms with van der Waals surface area (Å²) in [5.74, 6) is -1.45. The maximum Gasteiger partial charge on any atom is 0.319 e. The molecule has 0 aromatic heterocycles. The van der Waals surface area contributed by atoms with Gasteiger partial charge >= 0.3 is 5.97 Å². The lowest BCUT2D eigenvalue weighted by Gasteiger charge is -2.32. The van der Waals surface area contributed by atoms with Crippen molar-refractivity contribution >= 4 is 23.6 Å². The second-order valence-corrected chi connectivity index (χ2v) is 7.64. The Balaban J connectivity index is 4.96. The van der Waals surface area contributed by atoms with E-state index in [1.54, 1.807) is 18.7 Å². The molecule has 0 spiro atoms. The van der Waals surface area contributed by atoms with E-state index in [9.17, 15) is 9.59 Å². The highest BCUT2D eigenvalue weighted by Gasteiger charge is 2.39. The topological polar surface area (TPSA) is 55.4 Å². The molecule has 0 aliphatic rings. The molecule has 4 nitrogen and oxygen atoms in total. The van der Waals surface area contributed by atoms with Crippen LogP contribution in [0, 0.1) is 11.3 Å². The summed E-state index contributed by atoms with van der Waals surface area (Å²) in [6, 6.07) is 0. The van der Waals surface area contributed by atoms with Gasteiger partial charge in [0.05, 0.1) is 6.61 Å². The molecule has 1 N–H and O–H groups in total. The van der Waals surface area contributed by atoms with Crippen LogP contribution in [0.1, 0.15) is 54.4 Å². The predicted octanol–water partition coefficient (Wildman–Crippen LogP) is 3.25. The van der Waals surface area contributed by atoms with E-state index in [0.717, 1.165) is 12.8 Å². The van der Waals surface area contributed by atoms with Crippen molar-refractivity contribution in [3.8, 4) is 0 Å². The number of nitrogens with one attached hydrogen (secondary N) is 1. The Morgan fingerprint density at radius 2 is 1.67 bits per heavy atom. The Bertz CT molecular complexity index is 338. The quantitative estimate of drug-likeness (QED) is 0.551. The standard InChI is InChI=1S/C16H31NO3S/c1-8-16(9-2,21-7)11-17-13(18)12(15(4,5)6)14(19)20-10-3/h12H,8-11H2,1-7H3,(H,17,18). The van der Waals surface area contributed by atoms with E-state index in [0.29, 0.717) is 6.54 Å². The Morgan fingerprint density at radius 1 is 1.14 bits per heavy atom. The minimum Gasteiger partial charge on any atom is -0.465 e. The molecule has 1 unspecified atom stereocenters. The molecule has 1 amide bonds. The predicted molar refractivity (Wildman–Crippen MR) is 89.4 cm³/mol. The average Bonchev–Trinajstić information content (AvgIpc) is 2.39. The van der Waals surface area contributed by atoms with E-state index in [1.807, 2.05) is 20.8 Å². The first kappa shape index (κ1) is 20.3. The zero-order valence-electron chi connectivity index (χ0n) is 14.5. The van der Waals surface area contributed by atoms with Crippen LogP contribution in [-0.2, 0) is 14.3 Å². The molecule has 5 heteroatoms. The van der Waals surface area contributed by atoms with Gasteiger partial charge < -0.3 is 10.1 Å². The van der Waals surface area contributed by atoms with Crippen LogP contribution in [0.3, 0.4) is 0 Å². The van der Waals surface area contributed by atoms with Gasteiger partial charge in [0.15, 0.2) is 0 Å². The van der Waals surface area contributed by atoms with Gasteiger partial charge in [-0.3, -0.25) is 9.59 Å². The Morgan fingerprint density at radius 3 is 2.00 bits per heavy atom. The molecule has 0 aromatic carbocycles. The fourth-order valence-electron chi connectivity index (χ4n) is 2.29. The zero-order valence-corrected chi connectivity index (χ0v) is 15.4. The number of carbonyl (C=O) groups excluding carboxylic acids is 2. The van der Waals surface area contributed by atoms with Gasteiger partial charge in [-0.1, -0.05) is 34.6 Å². The van der Waals surface area contributed by atoms with Crippen LogP contribution in [0.25, 0.3) is 0 Å². The normalized spacial score (nSPS) is 13.7. The van der Waals surface area contributed by atoms with Crippen molar-refractivity contribution in [2.24, 2.45) is 11.3 Å². The van der Waals surface area contributed by atoms with Crippen LogP contribution in [0.5, 0.6) is 0 Å².